The minimum absolute atomic E-state index is 0.0550. The quantitative estimate of drug-likeness (QED) is 0.326. The number of anilines is 1. The highest BCUT2D eigenvalue weighted by Gasteiger charge is 2.19. The van der Waals surface area contributed by atoms with Crippen molar-refractivity contribution in [3.63, 3.8) is 0 Å². The molecule has 0 saturated carbocycles. The lowest BCUT2D eigenvalue weighted by atomic mass is 10.1. The predicted octanol–water partition coefficient (Wildman–Crippen LogP) is 5.84. The van der Waals surface area contributed by atoms with Gasteiger partial charge in [-0.3, -0.25) is 9.59 Å². The zero-order chi connectivity index (χ0) is 22.5. The van der Waals surface area contributed by atoms with Crippen LogP contribution in [-0.4, -0.2) is 32.2 Å². The molecule has 162 valence electrons. The number of nitrogens with one attached hydrogen (secondary N) is 1. The molecular formula is C22H22Cl2N4O2S. The van der Waals surface area contributed by atoms with Gasteiger partial charge < -0.3 is 9.88 Å². The SMILES string of the molecule is CC(=O)c1cccc(NC(=O)CSc2nnc(-c3ccc(Cl)cc3Cl)n2CC(C)C)c1. The van der Waals surface area contributed by atoms with Gasteiger partial charge in [0.05, 0.1) is 10.8 Å². The summed E-state index contributed by atoms with van der Waals surface area (Å²) in [4.78, 5) is 24.0. The molecule has 0 unspecified atom stereocenters. The maximum Gasteiger partial charge on any atom is 0.234 e. The minimum Gasteiger partial charge on any atom is -0.325 e. The van der Waals surface area contributed by atoms with E-state index in [0.717, 1.165) is 5.56 Å². The molecule has 1 amide bonds. The fraction of sp³-hybridized carbons (Fsp3) is 0.273. The molecule has 0 fully saturated rings. The van der Waals surface area contributed by atoms with Gasteiger partial charge in [-0.25, -0.2) is 0 Å². The van der Waals surface area contributed by atoms with Gasteiger partial charge in [-0.05, 0) is 43.2 Å². The second-order valence-electron chi connectivity index (χ2n) is 7.41. The van der Waals surface area contributed by atoms with Crippen molar-refractivity contribution in [2.24, 2.45) is 5.92 Å². The van der Waals surface area contributed by atoms with Crippen LogP contribution in [0.1, 0.15) is 31.1 Å². The number of thioether (sulfide) groups is 1. The van der Waals surface area contributed by atoms with Crippen molar-refractivity contribution in [2.45, 2.75) is 32.5 Å². The van der Waals surface area contributed by atoms with Gasteiger partial charge in [-0.1, -0.05) is 60.9 Å². The summed E-state index contributed by atoms with van der Waals surface area (Å²) in [5, 5.41) is 13.1. The molecule has 0 saturated heterocycles. The summed E-state index contributed by atoms with van der Waals surface area (Å²) in [6.45, 7) is 6.35. The van der Waals surface area contributed by atoms with Gasteiger partial charge in [0.25, 0.3) is 0 Å². The van der Waals surface area contributed by atoms with Crippen LogP contribution in [0.5, 0.6) is 0 Å². The standard InChI is InChI=1S/C22H22Cl2N4O2S/c1-13(2)11-28-21(18-8-7-16(23)10-19(18)24)26-27-22(28)31-12-20(30)25-17-6-4-5-15(9-17)14(3)29/h4-10,13H,11-12H2,1-3H3,(H,25,30). The van der Waals surface area contributed by atoms with Crippen LogP contribution >= 0.6 is 35.0 Å². The number of nitrogens with zero attached hydrogens (tertiary/aromatic N) is 3. The number of amides is 1. The molecule has 0 aliphatic heterocycles. The molecule has 0 aliphatic carbocycles. The molecule has 1 N–H and O–H groups in total. The molecule has 0 bridgehead atoms. The van der Waals surface area contributed by atoms with Crippen LogP contribution in [0.4, 0.5) is 5.69 Å². The van der Waals surface area contributed by atoms with E-state index in [1.807, 2.05) is 10.6 Å². The van der Waals surface area contributed by atoms with Gasteiger partial charge in [-0.2, -0.15) is 0 Å². The van der Waals surface area contributed by atoms with Crippen LogP contribution in [-0.2, 0) is 11.3 Å². The summed E-state index contributed by atoms with van der Waals surface area (Å²) in [7, 11) is 0. The lowest BCUT2D eigenvalue weighted by Gasteiger charge is -2.13. The second kappa shape index (κ2) is 10.3. The lowest BCUT2D eigenvalue weighted by molar-refractivity contribution is -0.113. The third kappa shape index (κ3) is 6.09. The first kappa shape index (κ1) is 23.3. The minimum atomic E-state index is -0.198. The summed E-state index contributed by atoms with van der Waals surface area (Å²) in [5.74, 6) is 0.863. The van der Waals surface area contributed by atoms with E-state index in [2.05, 4.69) is 29.4 Å². The third-order valence-corrected chi connectivity index (χ3v) is 5.84. The average molecular weight is 477 g/mol. The highest BCUT2D eigenvalue weighted by molar-refractivity contribution is 7.99. The Kier molecular flexibility index (Phi) is 7.75. The monoisotopic (exact) mass is 476 g/mol. The zero-order valence-electron chi connectivity index (χ0n) is 17.4. The smallest absolute Gasteiger partial charge is 0.234 e. The molecule has 9 heteroatoms. The zero-order valence-corrected chi connectivity index (χ0v) is 19.7. The molecule has 0 radical (unpaired) electrons. The van der Waals surface area contributed by atoms with E-state index in [0.29, 0.717) is 44.7 Å². The molecular weight excluding hydrogens is 455 g/mol. The number of carbonyl (C=O) groups is 2. The first-order valence-corrected chi connectivity index (χ1v) is 11.4. The van der Waals surface area contributed by atoms with Crippen molar-refractivity contribution in [1.82, 2.24) is 14.8 Å². The number of hydrogen-bond donors (Lipinski definition) is 1. The van der Waals surface area contributed by atoms with Gasteiger partial charge in [0.2, 0.25) is 5.91 Å². The van der Waals surface area contributed by atoms with Crippen molar-refractivity contribution < 1.29 is 9.59 Å². The number of carbonyl (C=O) groups excluding carboxylic acids is 2. The Morgan fingerprint density at radius 3 is 2.58 bits per heavy atom. The van der Waals surface area contributed by atoms with E-state index in [4.69, 9.17) is 23.2 Å². The summed E-state index contributed by atoms with van der Waals surface area (Å²) in [5.41, 5.74) is 1.86. The number of aromatic nitrogens is 3. The maximum atomic E-state index is 12.5. The van der Waals surface area contributed by atoms with Crippen molar-refractivity contribution in [2.75, 3.05) is 11.1 Å². The first-order chi connectivity index (χ1) is 14.7. The Hall–Kier alpha value is -2.35. The van der Waals surface area contributed by atoms with E-state index in [9.17, 15) is 9.59 Å². The van der Waals surface area contributed by atoms with E-state index < -0.39 is 0 Å². The molecule has 31 heavy (non-hydrogen) atoms. The van der Waals surface area contributed by atoms with E-state index in [1.54, 1.807) is 36.4 Å². The number of Topliss-reactive ketones (excluding diaryl/α,β-unsaturated/α-hetero) is 1. The van der Waals surface area contributed by atoms with Crippen LogP contribution in [0, 0.1) is 5.92 Å². The fourth-order valence-corrected chi connectivity index (χ4v) is 4.18. The molecule has 3 rings (SSSR count). The second-order valence-corrected chi connectivity index (χ2v) is 9.19. The topological polar surface area (TPSA) is 76.9 Å². The summed E-state index contributed by atoms with van der Waals surface area (Å²) < 4.78 is 1.97. The summed E-state index contributed by atoms with van der Waals surface area (Å²) in [6.07, 6.45) is 0. The normalized spacial score (nSPS) is 11.0. The molecule has 1 aromatic heterocycles. The van der Waals surface area contributed by atoms with Gasteiger partial charge >= 0.3 is 0 Å². The first-order valence-electron chi connectivity index (χ1n) is 9.67. The Morgan fingerprint density at radius 1 is 1.13 bits per heavy atom. The number of benzene rings is 2. The third-order valence-electron chi connectivity index (χ3n) is 4.32. The molecule has 0 aliphatic rings. The highest BCUT2D eigenvalue weighted by atomic mass is 35.5. The van der Waals surface area contributed by atoms with Crippen LogP contribution in [0.2, 0.25) is 10.0 Å². The molecule has 1 heterocycles. The van der Waals surface area contributed by atoms with Crippen LogP contribution < -0.4 is 5.32 Å². The van der Waals surface area contributed by atoms with Crippen molar-refractivity contribution in [3.8, 4) is 11.4 Å². The Balaban J connectivity index is 1.76. The van der Waals surface area contributed by atoms with Gasteiger partial charge in [0, 0.05) is 28.4 Å². The molecule has 0 spiro atoms. The van der Waals surface area contributed by atoms with Crippen molar-refractivity contribution in [3.05, 3.63) is 58.1 Å². The number of halogens is 2. The Labute approximate surface area is 195 Å². The summed E-state index contributed by atoms with van der Waals surface area (Å²) >= 11 is 13.7. The molecule has 0 atom stereocenters. The van der Waals surface area contributed by atoms with E-state index >= 15 is 0 Å². The van der Waals surface area contributed by atoms with Crippen LogP contribution in [0.15, 0.2) is 47.6 Å². The van der Waals surface area contributed by atoms with Crippen LogP contribution in [0.25, 0.3) is 11.4 Å². The molecule has 2 aromatic carbocycles. The maximum absolute atomic E-state index is 12.5. The summed E-state index contributed by atoms with van der Waals surface area (Å²) in [6, 6.07) is 12.1. The lowest BCUT2D eigenvalue weighted by Crippen LogP contribution is -2.15. The van der Waals surface area contributed by atoms with Crippen molar-refractivity contribution in [1.29, 1.82) is 0 Å². The van der Waals surface area contributed by atoms with E-state index in [-0.39, 0.29) is 17.4 Å². The molecule has 3 aromatic rings. The van der Waals surface area contributed by atoms with Crippen LogP contribution in [0.3, 0.4) is 0 Å². The van der Waals surface area contributed by atoms with Crippen molar-refractivity contribution >= 4 is 52.3 Å². The molecule has 6 nitrogen and oxygen atoms in total. The Morgan fingerprint density at radius 2 is 1.90 bits per heavy atom. The predicted molar refractivity (Wildman–Crippen MR) is 126 cm³/mol. The number of hydrogen-bond acceptors (Lipinski definition) is 5. The fourth-order valence-electron chi connectivity index (χ4n) is 2.94. The van der Waals surface area contributed by atoms with Gasteiger partial charge in [0.15, 0.2) is 16.8 Å². The Bertz CT molecular complexity index is 1110. The average Bonchev–Trinajstić information content (AvgIpc) is 3.08. The number of rotatable bonds is 8. The largest absolute Gasteiger partial charge is 0.325 e. The number of ketones is 1. The van der Waals surface area contributed by atoms with E-state index in [1.165, 1.54) is 18.7 Å². The van der Waals surface area contributed by atoms with Gasteiger partial charge in [0.1, 0.15) is 0 Å². The van der Waals surface area contributed by atoms with Gasteiger partial charge in [-0.15, -0.1) is 10.2 Å². The highest BCUT2D eigenvalue weighted by Crippen LogP contribution is 2.32.